The average Bonchev–Trinajstić information content (AvgIpc) is 2.38. The molecule has 1 aliphatic rings. The third-order valence-corrected chi connectivity index (χ3v) is 3.83. The van der Waals surface area contributed by atoms with E-state index in [1.807, 2.05) is 13.2 Å². The lowest BCUT2D eigenvalue weighted by molar-refractivity contribution is 0.274. The summed E-state index contributed by atoms with van der Waals surface area (Å²) in [6.45, 7) is 7.69. The van der Waals surface area contributed by atoms with E-state index >= 15 is 0 Å². The van der Waals surface area contributed by atoms with Gasteiger partial charge >= 0.3 is 0 Å². The zero-order chi connectivity index (χ0) is 13.1. The Morgan fingerprint density at radius 2 is 2.17 bits per heavy atom. The van der Waals surface area contributed by atoms with Gasteiger partial charge in [0.15, 0.2) is 0 Å². The van der Waals surface area contributed by atoms with Crippen LogP contribution < -0.4 is 10.2 Å². The van der Waals surface area contributed by atoms with Crippen LogP contribution in [0.1, 0.15) is 25.5 Å². The SMILES string of the molecule is CNC(C)c1ccc(N2CCN(C)CC2C)nc1. The van der Waals surface area contributed by atoms with Crippen LogP contribution in [0.25, 0.3) is 0 Å². The molecule has 2 heterocycles. The topological polar surface area (TPSA) is 31.4 Å². The molecule has 4 heteroatoms. The molecule has 0 aliphatic carbocycles. The summed E-state index contributed by atoms with van der Waals surface area (Å²) >= 11 is 0. The van der Waals surface area contributed by atoms with Gasteiger partial charge in [-0.15, -0.1) is 0 Å². The predicted octanol–water partition coefficient (Wildman–Crippen LogP) is 1.50. The highest BCUT2D eigenvalue weighted by Crippen LogP contribution is 2.19. The molecule has 1 fully saturated rings. The highest BCUT2D eigenvalue weighted by molar-refractivity contribution is 5.41. The van der Waals surface area contributed by atoms with Gasteiger partial charge in [-0.1, -0.05) is 6.07 Å². The van der Waals surface area contributed by atoms with E-state index in [9.17, 15) is 0 Å². The lowest BCUT2D eigenvalue weighted by atomic mass is 10.1. The van der Waals surface area contributed by atoms with Gasteiger partial charge in [-0.2, -0.15) is 0 Å². The Kier molecular flexibility index (Phi) is 4.19. The minimum Gasteiger partial charge on any atom is -0.351 e. The van der Waals surface area contributed by atoms with Crippen molar-refractivity contribution in [2.45, 2.75) is 25.9 Å². The Morgan fingerprint density at radius 1 is 1.39 bits per heavy atom. The lowest BCUT2D eigenvalue weighted by Crippen LogP contribution is -2.50. The number of aromatic nitrogens is 1. The van der Waals surface area contributed by atoms with Gasteiger partial charge in [0.05, 0.1) is 0 Å². The highest BCUT2D eigenvalue weighted by atomic mass is 15.3. The number of nitrogens with zero attached hydrogens (tertiary/aromatic N) is 3. The summed E-state index contributed by atoms with van der Waals surface area (Å²) in [7, 11) is 4.15. The van der Waals surface area contributed by atoms with Gasteiger partial charge in [0, 0.05) is 37.9 Å². The maximum Gasteiger partial charge on any atom is 0.128 e. The van der Waals surface area contributed by atoms with E-state index in [1.54, 1.807) is 0 Å². The second-order valence-corrected chi connectivity index (χ2v) is 5.26. The van der Waals surface area contributed by atoms with Crippen molar-refractivity contribution < 1.29 is 0 Å². The van der Waals surface area contributed by atoms with Crippen LogP contribution in [0.5, 0.6) is 0 Å². The molecule has 18 heavy (non-hydrogen) atoms. The average molecular weight is 248 g/mol. The molecule has 0 spiro atoms. The monoisotopic (exact) mass is 248 g/mol. The molecule has 1 N–H and O–H groups in total. The van der Waals surface area contributed by atoms with Crippen molar-refractivity contribution in [3.05, 3.63) is 23.9 Å². The zero-order valence-electron chi connectivity index (χ0n) is 11.8. The quantitative estimate of drug-likeness (QED) is 0.878. The van der Waals surface area contributed by atoms with Gasteiger partial charge in [-0.05, 0) is 39.6 Å². The molecule has 4 nitrogen and oxygen atoms in total. The molecule has 100 valence electrons. The van der Waals surface area contributed by atoms with E-state index in [0.717, 1.165) is 25.5 Å². The van der Waals surface area contributed by atoms with Crippen LogP contribution in [0.2, 0.25) is 0 Å². The van der Waals surface area contributed by atoms with Gasteiger partial charge in [0.25, 0.3) is 0 Å². The maximum absolute atomic E-state index is 4.61. The lowest BCUT2D eigenvalue weighted by Gasteiger charge is -2.39. The van der Waals surface area contributed by atoms with Gasteiger partial charge in [0.2, 0.25) is 0 Å². The van der Waals surface area contributed by atoms with Crippen LogP contribution in [-0.4, -0.2) is 49.7 Å². The smallest absolute Gasteiger partial charge is 0.128 e. The van der Waals surface area contributed by atoms with Gasteiger partial charge in [-0.3, -0.25) is 0 Å². The third-order valence-electron chi connectivity index (χ3n) is 3.83. The summed E-state index contributed by atoms with van der Waals surface area (Å²) in [5, 5.41) is 3.23. The number of hydrogen-bond acceptors (Lipinski definition) is 4. The summed E-state index contributed by atoms with van der Waals surface area (Å²) < 4.78 is 0. The normalized spacial score (nSPS) is 23.1. The molecule has 2 rings (SSSR count). The van der Waals surface area contributed by atoms with Crippen molar-refractivity contribution in [1.82, 2.24) is 15.2 Å². The van der Waals surface area contributed by atoms with Crippen molar-refractivity contribution in [2.24, 2.45) is 0 Å². The minimum atomic E-state index is 0.358. The fourth-order valence-electron chi connectivity index (χ4n) is 2.47. The van der Waals surface area contributed by atoms with Crippen LogP contribution in [0.15, 0.2) is 18.3 Å². The fourth-order valence-corrected chi connectivity index (χ4v) is 2.47. The zero-order valence-corrected chi connectivity index (χ0v) is 11.8. The Bertz CT molecular complexity index is 376. The molecule has 0 saturated carbocycles. The first-order valence-electron chi connectivity index (χ1n) is 6.70. The minimum absolute atomic E-state index is 0.358. The molecule has 1 aromatic rings. The standard InChI is InChI=1S/C14H24N4/c1-11-10-17(4)7-8-18(11)14-6-5-13(9-16-14)12(2)15-3/h5-6,9,11-12,15H,7-8,10H2,1-4H3. The fraction of sp³-hybridized carbons (Fsp3) is 0.643. The largest absolute Gasteiger partial charge is 0.351 e. The number of likely N-dealkylation sites (N-methyl/N-ethyl adjacent to an activating group) is 1. The van der Waals surface area contributed by atoms with E-state index < -0.39 is 0 Å². The number of piperazine rings is 1. The number of pyridine rings is 1. The van der Waals surface area contributed by atoms with E-state index in [0.29, 0.717) is 12.1 Å². The molecule has 1 saturated heterocycles. The molecular formula is C14H24N4. The Balaban J connectivity index is 2.09. The van der Waals surface area contributed by atoms with Gasteiger partial charge in [0.1, 0.15) is 5.82 Å². The van der Waals surface area contributed by atoms with Crippen LogP contribution in [0.3, 0.4) is 0 Å². The van der Waals surface area contributed by atoms with Crippen molar-refractivity contribution in [3.8, 4) is 0 Å². The number of anilines is 1. The summed E-state index contributed by atoms with van der Waals surface area (Å²) in [5.41, 5.74) is 1.24. The third kappa shape index (κ3) is 2.82. The first-order chi connectivity index (χ1) is 8.61. The van der Waals surface area contributed by atoms with Crippen molar-refractivity contribution in [2.75, 3.05) is 38.6 Å². The summed E-state index contributed by atoms with van der Waals surface area (Å²) in [5.74, 6) is 1.10. The van der Waals surface area contributed by atoms with Crippen LogP contribution in [0.4, 0.5) is 5.82 Å². The molecule has 2 atom stereocenters. The van der Waals surface area contributed by atoms with E-state index in [4.69, 9.17) is 0 Å². The maximum atomic E-state index is 4.61. The van der Waals surface area contributed by atoms with Crippen LogP contribution in [0, 0.1) is 0 Å². The predicted molar refractivity (Wildman–Crippen MR) is 76.0 cm³/mol. The molecule has 1 aromatic heterocycles. The Hall–Kier alpha value is -1.13. The van der Waals surface area contributed by atoms with Crippen LogP contribution in [-0.2, 0) is 0 Å². The van der Waals surface area contributed by atoms with E-state index in [-0.39, 0.29) is 0 Å². The summed E-state index contributed by atoms with van der Waals surface area (Å²) in [6.07, 6.45) is 1.99. The van der Waals surface area contributed by atoms with Gasteiger partial charge < -0.3 is 15.1 Å². The Morgan fingerprint density at radius 3 is 2.72 bits per heavy atom. The summed E-state index contributed by atoms with van der Waals surface area (Å²) in [6, 6.07) is 5.21. The first-order valence-corrected chi connectivity index (χ1v) is 6.70. The first kappa shape index (κ1) is 13.3. The molecule has 0 bridgehead atoms. The number of hydrogen-bond donors (Lipinski definition) is 1. The molecule has 0 aromatic carbocycles. The highest BCUT2D eigenvalue weighted by Gasteiger charge is 2.22. The number of rotatable bonds is 3. The van der Waals surface area contributed by atoms with Crippen LogP contribution >= 0.6 is 0 Å². The van der Waals surface area contributed by atoms with E-state index in [1.165, 1.54) is 5.56 Å². The van der Waals surface area contributed by atoms with E-state index in [2.05, 4.69) is 53.1 Å². The second-order valence-electron chi connectivity index (χ2n) is 5.26. The molecule has 0 amide bonds. The molecule has 2 unspecified atom stereocenters. The van der Waals surface area contributed by atoms with Gasteiger partial charge in [-0.25, -0.2) is 4.98 Å². The molecule has 1 aliphatic heterocycles. The van der Waals surface area contributed by atoms with Crippen molar-refractivity contribution in [1.29, 1.82) is 0 Å². The summed E-state index contributed by atoms with van der Waals surface area (Å²) in [4.78, 5) is 9.38. The molecule has 0 radical (unpaired) electrons. The van der Waals surface area contributed by atoms with Crippen molar-refractivity contribution in [3.63, 3.8) is 0 Å². The molecular weight excluding hydrogens is 224 g/mol. The number of nitrogens with one attached hydrogen (secondary N) is 1. The second kappa shape index (κ2) is 5.67. The van der Waals surface area contributed by atoms with Crippen molar-refractivity contribution >= 4 is 5.82 Å². The Labute approximate surface area is 110 Å².